The zero-order valence-corrected chi connectivity index (χ0v) is 21.0. The predicted octanol–water partition coefficient (Wildman–Crippen LogP) is 2.98. The van der Waals surface area contributed by atoms with Crippen LogP contribution in [0.5, 0.6) is 0 Å². The summed E-state index contributed by atoms with van der Waals surface area (Å²) in [5.74, 6) is 1.61. The normalized spacial score (nSPS) is 25.4. The Morgan fingerprint density at radius 2 is 2.00 bits per heavy atom. The molecule has 1 N–H and O–H groups in total. The fraction of sp³-hybridized carbons (Fsp3) is 0.615. The van der Waals surface area contributed by atoms with Crippen molar-refractivity contribution in [1.29, 1.82) is 0 Å². The Bertz CT molecular complexity index is 1110. The van der Waals surface area contributed by atoms with Gasteiger partial charge in [-0.2, -0.15) is 0 Å². The third-order valence-corrected chi connectivity index (χ3v) is 7.84. The van der Waals surface area contributed by atoms with Crippen LogP contribution in [0.15, 0.2) is 42.6 Å². The number of halogens is 1. The molecule has 3 fully saturated rings. The lowest BCUT2D eigenvalue weighted by Gasteiger charge is -2.38. The fourth-order valence-electron chi connectivity index (χ4n) is 5.33. The molecule has 6 rings (SSSR count). The molecule has 4 aliphatic rings. The summed E-state index contributed by atoms with van der Waals surface area (Å²) in [6, 6.07) is 0.602. The molecule has 1 aliphatic carbocycles. The van der Waals surface area contributed by atoms with Crippen molar-refractivity contribution in [2.75, 3.05) is 44.2 Å². The number of hydrogen-bond acceptors (Lipinski definition) is 8. The third kappa shape index (κ3) is 5.23. The van der Waals surface area contributed by atoms with E-state index in [4.69, 9.17) is 0 Å². The number of hydrogen-bond donors (Lipinski definition) is 1. The monoisotopic (exact) mass is 493 g/mol. The quantitative estimate of drug-likeness (QED) is 0.602. The van der Waals surface area contributed by atoms with Crippen molar-refractivity contribution in [3.63, 3.8) is 0 Å². The van der Waals surface area contributed by atoms with Gasteiger partial charge in [-0.3, -0.25) is 4.98 Å². The minimum atomic E-state index is -0.801. The van der Waals surface area contributed by atoms with Gasteiger partial charge in [0, 0.05) is 44.1 Å². The number of allylic oxidation sites excluding steroid dienone is 1. The summed E-state index contributed by atoms with van der Waals surface area (Å²) in [5, 5.41) is 12.5. The molecule has 36 heavy (non-hydrogen) atoms. The highest BCUT2D eigenvalue weighted by molar-refractivity contribution is 5.54. The number of likely N-dealkylation sites (tertiary alicyclic amines) is 1. The summed E-state index contributed by atoms with van der Waals surface area (Å²) in [7, 11) is 0. The standard InChI is InChI=1S/C26H36FN9/c1-19(33-11-7-23(8-12-33)34-9-2-3-22(17-34)29-13-20-4-5-20)36-18-25(31-32-36)24-14-28-15-26(30-24)35-10-6-21(27)16-35/h7-8,11,14-15,18-22,29H,2-6,9-10,12-13,16-17H2,1H3/t19?,21-,22+/m0/s1. The molecule has 0 spiro atoms. The first-order valence-electron chi connectivity index (χ1n) is 13.4. The van der Waals surface area contributed by atoms with E-state index >= 15 is 0 Å². The van der Waals surface area contributed by atoms with Gasteiger partial charge in [-0.05, 0) is 63.6 Å². The van der Waals surface area contributed by atoms with Crippen LogP contribution in [0.3, 0.4) is 0 Å². The van der Waals surface area contributed by atoms with E-state index in [0.717, 1.165) is 25.6 Å². The molecule has 0 bridgehead atoms. The first-order chi connectivity index (χ1) is 17.6. The highest BCUT2D eigenvalue weighted by Gasteiger charge is 2.27. The summed E-state index contributed by atoms with van der Waals surface area (Å²) >= 11 is 0. The highest BCUT2D eigenvalue weighted by Crippen LogP contribution is 2.29. The Hall–Kier alpha value is -3.01. The van der Waals surface area contributed by atoms with Gasteiger partial charge in [0.25, 0.3) is 0 Å². The Balaban J connectivity index is 1.06. The molecular weight excluding hydrogens is 457 g/mol. The average Bonchev–Trinajstić information content (AvgIpc) is 3.43. The SMILES string of the molecule is CC(N1C=CC(N2CCC[C@@H](NCC3CC3)C2)=CC1)n1cc(-c2cncc(N3CC[C@H](F)C3)n2)nn1. The van der Waals surface area contributed by atoms with Crippen LogP contribution in [0.2, 0.25) is 0 Å². The molecule has 1 unspecified atom stereocenters. The van der Waals surface area contributed by atoms with Gasteiger partial charge < -0.3 is 20.0 Å². The molecule has 3 atom stereocenters. The van der Waals surface area contributed by atoms with Crippen LogP contribution >= 0.6 is 0 Å². The van der Waals surface area contributed by atoms with Gasteiger partial charge in [0.15, 0.2) is 0 Å². The molecule has 0 amide bonds. The number of nitrogens with one attached hydrogen (secondary N) is 1. The summed E-state index contributed by atoms with van der Waals surface area (Å²) in [4.78, 5) is 15.7. The fourth-order valence-corrected chi connectivity index (χ4v) is 5.33. The Labute approximate surface area is 212 Å². The first-order valence-corrected chi connectivity index (χ1v) is 13.4. The first kappa shape index (κ1) is 23.4. The van der Waals surface area contributed by atoms with Crippen LogP contribution < -0.4 is 10.2 Å². The molecule has 2 aromatic heterocycles. The van der Waals surface area contributed by atoms with Crippen LogP contribution in [0.4, 0.5) is 10.2 Å². The van der Waals surface area contributed by atoms with Crippen LogP contribution in [-0.2, 0) is 0 Å². The van der Waals surface area contributed by atoms with Gasteiger partial charge >= 0.3 is 0 Å². The van der Waals surface area contributed by atoms with Crippen LogP contribution in [0.1, 0.15) is 45.2 Å². The molecular formula is C26H36FN9. The zero-order chi connectivity index (χ0) is 24.5. The molecule has 9 nitrogen and oxygen atoms in total. The average molecular weight is 494 g/mol. The third-order valence-electron chi connectivity index (χ3n) is 7.84. The molecule has 0 aromatic carbocycles. The second kappa shape index (κ2) is 10.2. The number of nitrogens with zero attached hydrogens (tertiary/aromatic N) is 8. The van der Waals surface area contributed by atoms with E-state index in [1.807, 2.05) is 15.8 Å². The molecule has 0 radical (unpaired) electrons. The second-order valence-corrected chi connectivity index (χ2v) is 10.6. The van der Waals surface area contributed by atoms with Crippen molar-refractivity contribution in [1.82, 2.24) is 40.1 Å². The largest absolute Gasteiger partial charge is 0.370 e. The van der Waals surface area contributed by atoms with Gasteiger partial charge in [-0.25, -0.2) is 14.1 Å². The van der Waals surface area contributed by atoms with E-state index < -0.39 is 6.17 Å². The Morgan fingerprint density at radius 1 is 1.08 bits per heavy atom. The van der Waals surface area contributed by atoms with E-state index in [0.29, 0.717) is 42.8 Å². The van der Waals surface area contributed by atoms with E-state index in [1.165, 1.54) is 37.9 Å². The maximum Gasteiger partial charge on any atom is 0.147 e. The molecule has 2 saturated heterocycles. The van der Waals surface area contributed by atoms with E-state index in [2.05, 4.69) is 60.7 Å². The van der Waals surface area contributed by atoms with Crippen molar-refractivity contribution in [3.05, 3.63) is 42.6 Å². The lowest BCUT2D eigenvalue weighted by atomic mass is 10.0. The molecule has 1 saturated carbocycles. The van der Waals surface area contributed by atoms with Crippen molar-refractivity contribution in [3.8, 4) is 11.4 Å². The van der Waals surface area contributed by atoms with Crippen LogP contribution in [0, 0.1) is 5.92 Å². The number of anilines is 1. The van der Waals surface area contributed by atoms with Crippen molar-refractivity contribution < 1.29 is 4.39 Å². The van der Waals surface area contributed by atoms with Crippen molar-refractivity contribution in [2.24, 2.45) is 5.92 Å². The minimum Gasteiger partial charge on any atom is -0.370 e. The molecule has 10 heteroatoms. The van der Waals surface area contributed by atoms with Crippen LogP contribution in [-0.4, -0.2) is 86.2 Å². The Kier molecular flexibility index (Phi) is 6.60. The lowest BCUT2D eigenvalue weighted by Crippen LogP contribution is -2.46. The minimum absolute atomic E-state index is 0.0108. The van der Waals surface area contributed by atoms with E-state index in [1.54, 1.807) is 12.4 Å². The molecule has 3 aliphatic heterocycles. The second-order valence-electron chi connectivity index (χ2n) is 10.6. The summed E-state index contributed by atoms with van der Waals surface area (Å²) in [6.07, 6.45) is 17.1. The number of piperidine rings is 1. The van der Waals surface area contributed by atoms with Crippen molar-refractivity contribution >= 4 is 5.82 Å². The van der Waals surface area contributed by atoms with Gasteiger partial charge in [0.1, 0.15) is 29.5 Å². The van der Waals surface area contributed by atoms with Crippen molar-refractivity contribution in [2.45, 2.75) is 57.4 Å². The van der Waals surface area contributed by atoms with E-state index in [-0.39, 0.29) is 6.17 Å². The Morgan fingerprint density at radius 3 is 2.78 bits per heavy atom. The molecule has 192 valence electrons. The summed E-state index contributed by atoms with van der Waals surface area (Å²) < 4.78 is 15.5. The summed E-state index contributed by atoms with van der Waals surface area (Å²) in [5.41, 5.74) is 2.64. The predicted molar refractivity (Wildman–Crippen MR) is 137 cm³/mol. The lowest BCUT2D eigenvalue weighted by molar-refractivity contribution is 0.208. The number of alkyl halides is 1. The summed E-state index contributed by atoms with van der Waals surface area (Å²) in [6.45, 7) is 7.38. The number of rotatable bonds is 8. The maximum atomic E-state index is 13.6. The van der Waals surface area contributed by atoms with Crippen LogP contribution in [0.25, 0.3) is 11.4 Å². The smallest absolute Gasteiger partial charge is 0.147 e. The highest BCUT2D eigenvalue weighted by atomic mass is 19.1. The van der Waals surface area contributed by atoms with Gasteiger partial charge in [0.2, 0.25) is 0 Å². The van der Waals surface area contributed by atoms with Gasteiger partial charge in [-0.15, -0.1) is 5.10 Å². The topological polar surface area (TPSA) is 78.2 Å². The van der Waals surface area contributed by atoms with E-state index in [9.17, 15) is 4.39 Å². The maximum absolute atomic E-state index is 13.6. The zero-order valence-electron chi connectivity index (χ0n) is 21.0. The molecule has 5 heterocycles. The number of aromatic nitrogens is 5. The van der Waals surface area contributed by atoms with Gasteiger partial charge in [-0.1, -0.05) is 5.21 Å². The van der Waals surface area contributed by atoms with Gasteiger partial charge in [0.05, 0.1) is 25.1 Å². The molecule has 2 aromatic rings.